The van der Waals surface area contributed by atoms with Crippen LogP contribution in [0, 0.1) is 11.3 Å². The van der Waals surface area contributed by atoms with Crippen LogP contribution in [0.2, 0.25) is 5.02 Å². The fraction of sp³-hybridized carbons (Fsp3) is 0.533. The van der Waals surface area contributed by atoms with Crippen molar-refractivity contribution in [3.63, 3.8) is 0 Å². The Morgan fingerprint density at radius 1 is 1.42 bits per heavy atom. The van der Waals surface area contributed by atoms with Crippen LogP contribution in [-0.4, -0.2) is 18.1 Å². The third-order valence-corrected chi connectivity index (χ3v) is 4.52. The van der Waals surface area contributed by atoms with E-state index in [1.54, 1.807) is 0 Å². The molecule has 1 unspecified atom stereocenters. The molecule has 0 saturated carbocycles. The highest BCUT2D eigenvalue weighted by atomic mass is 35.5. The summed E-state index contributed by atoms with van der Waals surface area (Å²) in [4.78, 5) is 2.75. The molecule has 0 spiro atoms. The van der Waals surface area contributed by atoms with E-state index in [9.17, 15) is 0 Å². The first kappa shape index (κ1) is 14.6. The van der Waals surface area contributed by atoms with E-state index >= 15 is 0 Å². The lowest BCUT2D eigenvalue weighted by Gasteiger charge is -2.27. The molecule has 1 aromatic carbocycles. The molecular weight excluding hydrogens is 276 g/mol. The van der Waals surface area contributed by atoms with Crippen molar-refractivity contribution in [2.24, 2.45) is 17.1 Å². The quantitative estimate of drug-likeness (QED) is 0.841. The zero-order valence-corrected chi connectivity index (χ0v) is 13.3. The fourth-order valence-corrected chi connectivity index (χ4v) is 3.03. The maximum absolute atomic E-state index is 6.36. The molecule has 0 aliphatic carbocycles. The minimum atomic E-state index is 0.347. The third-order valence-electron chi connectivity index (χ3n) is 3.99. The molecule has 19 heavy (non-hydrogen) atoms. The lowest BCUT2D eigenvalue weighted by molar-refractivity contribution is 0.263. The minimum absolute atomic E-state index is 0.347. The van der Waals surface area contributed by atoms with Crippen molar-refractivity contribution < 1.29 is 0 Å². The van der Waals surface area contributed by atoms with Crippen LogP contribution in [0.5, 0.6) is 0 Å². The molecule has 2 nitrogen and oxygen atoms in total. The molecule has 0 radical (unpaired) electrons. The molecule has 0 bridgehead atoms. The first-order valence-electron chi connectivity index (χ1n) is 6.63. The summed E-state index contributed by atoms with van der Waals surface area (Å²) in [6.45, 7) is 9.04. The van der Waals surface area contributed by atoms with Gasteiger partial charge in [-0.2, -0.15) is 0 Å². The first-order chi connectivity index (χ1) is 8.79. The Morgan fingerprint density at radius 3 is 2.58 bits per heavy atom. The van der Waals surface area contributed by atoms with E-state index in [1.807, 2.05) is 18.2 Å². The monoisotopic (exact) mass is 296 g/mol. The predicted molar refractivity (Wildman–Crippen MR) is 87.1 cm³/mol. The van der Waals surface area contributed by atoms with E-state index in [4.69, 9.17) is 29.6 Å². The van der Waals surface area contributed by atoms with Crippen LogP contribution in [0.4, 0.5) is 5.69 Å². The number of nitrogens with zero attached hydrogens (tertiary/aromatic N) is 1. The Morgan fingerprint density at radius 2 is 2.11 bits per heavy atom. The highest BCUT2D eigenvalue weighted by molar-refractivity contribution is 7.80. The van der Waals surface area contributed by atoms with E-state index in [0.29, 0.717) is 16.3 Å². The number of thiocarbonyl (C=S) groups is 1. The van der Waals surface area contributed by atoms with Crippen LogP contribution in [0.1, 0.15) is 32.8 Å². The zero-order valence-electron chi connectivity index (χ0n) is 11.7. The summed E-state index contributed by atoms with van der Waals surface area (Å²) in [6, 6.07) is 5.85. The Balaban J connectivity index is 2.18. The molecule has 0 amide bonds. The summed E-state index contributed by atoms with van der Waals surface area (Å²) in [7, 11) is 0. The topological polar surface area (TPSA) is 29.3 Å². The molecule has 1 aromatic rings. The largest absolute Gasteiger partial charge is 0.389 e. The van der Waals surface area contributed by atoms with E-state index in [-0.39, 0.29) is 0 Å². The van der Waals surface area contributed by atoms with Gasteiger partial charge < -0.3 is 10.6 Å². The van der Waals surface area contributed by atoms with Crippen molar-refractivity contribution in [3.8, 4) is 0 Å². The van der Waals surface area contributed by atoms with Gasteiger partial charge >= 0.3 is 0 Å². The van der Waals surface area contributed by atoms with Crippen LogP contribution in [0.3, 0.4) is 0 Å². The van der Waals surface area contributed by atoms with Crippen molar-refractivity contribution in [1.29, 1.82) is 0 Å². The van der Waals surface area contributed by atoms with Crippen molar-refractivity contribution in [3.05, 3.63) is 28.8 Å². The lowest BCUT2D eigenvalue weighted by atomic mass is 9.80. The van der Waals surface area contributed by atoms with Crippen LogP contribution >= 0.6 is 23.8 Å². The van der Waals surface area contributed by atoms with Gasteiger partial charge in [-0.25, -0.2) is 0 Å². The van der Waals surface area contributed by atoms with Crippen LogP contribution in [0.15, 0.2) is 18.2 Å². The van der Waals surface area contributed by atoms with Crippen LogP contribution in [-0.2, 0) is 0 Å². The molecule has 1 atom stereocenters. The van der Waals surface area contributed by atoms with Gasteiger partial charge in [-0.05, 0) is 36.0 Å². The summed E-state index contributed by atoms with van der Waals surface area (Å²) >= 11 is 11.3. The second-order valence-corrected chi connectivity index (χ2v) is 7.18. The molecule has 2 N–H and O–H groups in total. The van der Waals surface area contributed by atoms with Gasteiger partial charge in [0.1, 0.15) is 4.99 Å². The number of hydrogen-bond acceptors (Lipinski definition) is 2. The molecule has 1 fully saturated rings. The average molecular weight is 297 g/mol. The normalized spacial score (nSPS) is 19.8. The standard InChI is InChI=1S/C15H21ClN2S/c1-15(2,3)11-6-7-18(9-11)13-5-4-10(14(17)19)8-12(13)16/h4-5,8,11H,6-7,9H2,1-3H3,(H2,17,19). The maximum atomic E-state index is 6.36. The highest BCUT2D eigenvalue weighted by Crippen LogP contribution is 2.37. The summed E-state index contributed by atoms with van der Waals surface area (Å²) in [5.74, 6) is 0.707. The van der Waals surface area contributed by atoms with Gasteiger partial charge in [0.15, 0.2) is 0 Å². The number of nitrogens with two attached hydrogens (primary N) is 1. The summed E-state index contributed by atoms with van der Waals surface area (Å²) in [5.41, 5.74) is 7.89. The van der Waals surface area contributed by atoms with Gasteiger partial charge in [-0.1, -0.05) is 44.6 Å². The maximum Gasteiger partial charge on any atom is 0.104 e. The number of hydrogen-bond donors (Lipinski definition) is 1. The number of anilines is 1. The SMILES string of the molecule is CC(C)(C)C1CCN(c2ccc(C(N)=S)cc2Cl)C1. The zero-order chi connectivity index (χ0) is 14.2. The second kappa shape index (κ2) is 5.29. The third kappa shape index (κ3) is 3.21. The molecule has 1 heterocycles. The molecule has 1 aliphatic rings. The Kier molecular flexibility index (Phi) is 4.07. The molecule has 2 rings (SSSR count). The van der Waals surface area contributed by atoms with Gasteiger partial charge in [0.2, 0.25) is 0 Å². The first-order valence-corrected chi connectivity index (χ1v) is 7.42. The van der Waals surface area contributed by atoms with Gasteiger partial charge in [0.25, 0.3) is 0 Å². The Bertz CT molecular complexity index is 493. The average Bonchev–Trinajstić information content (AvgIpc) is 2.77. The molecule has 1 aliphatic heterocycles. The Hall–Kier alpha value is -0.800. The smallest absolute Gasteiger partial charge is 0.104 e. The van der Waals surface area contributed by atoms with Crippen LogP contribution in [0.25, 0.3) is 0 Å². The van der Waals surface area contributed by atoms with E-state index in [2.05, 4.69) is 25.7 Å². The molecule has 1 saturated heterocycles. The predicted octanol–water partition coefficient (Wildman–Crippen LogP) is 3.85. The van der Waals surface area contributed by atoms with Gasteiger partial charge in [0, 0.05) is 18.7 Å². The number of halogens is 1. The fourth-order valence-electron chi connectivity index (χ4n) is 2.60. The number of benzene rings is 1. The van der Waals surface area contributed by atoms with Gasteiger partial charge in [0.05, 0.1) is 10.7 Å². The molecule has 104 valence electrons. The van der Waals surface area contributed by atoms with Crippen molar-refractivity contribution >= 4 is 34.5 Å². The van der Waals surface area contributed by atoms with Gasteiger partial charge in [-0.15, -0.1) is 0 Å². The van der Waals surface area contributed by atoms with Crippen molar-refractivity contribution in [2.75, 3.05) is 18.0 Å². The Labute approximate surface area is 125 Å². The highest BCUT2D eigenvalue weighted by Gasteiger charge is 2.32. The van der Waals surface area contributed by atoms with Gasteiger partial charge in [-0.3, -0.25) is 0 Å². The van der Waals surface area contributed by atoms with E-state index in [1.165, 1.54) is 6.42 Å². The second-order valence-electron chi connectivity index (χ2n) is 6.33. The van der Waals surface area contributed by atoms with E-state index in [0.717, 1.165) is 29.4 Å². The van der Waals surface area contributed by atoms with Crippen molar-refractivity contribution in [2.45, 2.75) is 27.2 Å². The summed E-state index contributed by atoms with van der Waals surface area (Å²) in [5, 5.41) is 0.736. The molecule has 4 heteroatoms. The lowest BCUT2D eigenvalue weighted by Crippen LogP contribution is -2.26. The van der Waals surface area contributed by atoms with Crippen molar-refractivity contribution in [1.82, 2.24) is 0 Å². The molecular formula is C15H21ClN2S. The summed E-state index contributed by atoms with van der Waals surface area (Å²) < 4.78 is 0. The molecule has 0 aromatic heterocycles. The van der Waals surface area contributed by atoms with E-state index < -0.39 is 0 Å². The minimum Gasteiger partial charge on any atom is -0.389 e. The number of rotatable bonds is 2. The summed E-state index contributed by atoms with van der Waals surface area (Å²) in [6.07, 6.45) is 1.22. The van der Waals surface area contributed by atoms with Crippen LogP contribution < -0.4 is 10.6 Å².